The highest BCUT2D eigenvalue weighted by molar-refractivity contribution is 5.38. The van der Waals surface area contributed by atoms with E-state index in [-0.39, 0.29) is 0 Å². The van der Waals surface area contributed by atoms with Crippen molar-refractivity contribution in [1.82, 2.24) is 9.97 Å². The summed E-state index contributed by atoms with van der Waals surface area (Å²) in [6.07, 6.45) is 3.04. The molecule has 0 aliphatic carbocycles. The molecule has 0 fully saturated rings. The van der Waals surface area contributed by atoms with Crippen LogP contribution in [0.15, 0.2) is 6.07 Å². The van der Waals surface area contributed by atoms with Crippen LogP contribution in [0.1, 0.15) is 38.9 Å². The van der Waals surface area contributed by atoms with Crippen molar-refractivity contribution in [3.05, 3.63) is 11.9 Å². The molecule has 0 bridgehead atoms. The van der Waals surface area contributed by atoms with Crippen LogP contribution in [-0.2, 0) is 16.1 Å². The number of methoxy groups -OCH3 is 1. The lowest BCUT2D eigenvalue weighted by molar-refractivity contribution is 0.147. The number of aromatic nitrogens is 2. The van der Waals surface area contributed by atoms with Gasteiger partial charge in [0.25, 0.3) is 0 Å². The molecule has 0 aliphatic rings. The van der Waals surface area contributed by atoms with Crippen LogP contribution in [0, 0.1) is 0 Å². The Bertz CT molecular complexity index is 388. The zero-order valence-corrected chi connectivity index (χ0v) is 13.4. The first kappa shape index (κ1) is 17.7. The first-order valence-corrected chi connectivity index (χ1v) is 7.61. The van der Waals surface area contributed by atoms with E-state index < -0.39 is 0 Å². The molecule has 0 atom stereocenters. The molecule has 0 saturated heterocycles. The third kappa shape index (κ3) is 7.82. The fourth-order valence-corrected chi connectivity index (χ4v) is 1.69. The Hall–Kier alpha value is -1.40. The lowest BCUT2D eigenvalue weighted by Crippen LogP contribution is -2.10. The van der Waals surface area contributed by atoms with E-state index in [0.717, 1.165) is 44.8 Å². The smallest absolute Gasteiger partial charge is 0.218 e. The Kier molecular flexibility index (Phi) is 9.48. The van der Waals surface area contributed by atoms with Gasteiger partial charge in [-0.15, -0.1) is 0 Å². The fourth-order valence-electron chi connectivity index (χ4n) is 1.69. The van der Waals surface area contributed by atoms with E-state index in [1.807, 2.05) is 13.0 Å². The number of hydrogen-bond acceptors (Lipinski definition) is 6. The van der Waals surface area contributed by atoms with Gasteiger partial charge in [-0.05, 0) is 19.8 Å². The first-order chi connectivity index (χ1) is 10.3. The van der Waals surface area contributed by atoms with Crippen LogP contribution in [-0.4, -0.2) is 43.4 Å². The summed E-state index contributed by atoms with van der Waals surface area (Å²) < 4.78 is 16.0. The monoisotopic (exact) mass is 297 g/mol. The van der Waals surface area contributed by atoms with Gasteiger partial charge in [0.1, 0.15) is 12.4 Å². The Balaban J connectivity index is 2.54. The van der Waals surface area contributed by atoms with Gasteiger partial charge in [0.15, 0.2) is 5.82 Å². The number of nitrogens with one attached hydrogen (secondary N) is 1. The van der Waals surface area contributed by atoms with Gasteiger partial charge < -0.3 is 19.5 Å². The summed E-state index contributed by atoms with van der Waals surface area (Å²) in [6, 6.07) is 1.83. The van der Waals surface area contributed by atoms with Crippen LogP contribution in [0.5, 0.6) is 5.88 Å². The Morgan fingerprint density at radius 1 is 1.14 bits per heavy atom. The molecule has 6 nitrogen and oxygen atoms in total. The molecule has 1 N–H and O–H groups in total. The van der Waals surface area contributed by atoms with Gasteiger partial charge in [-0.25, -0.2) is 4.98 Å². The summed E-state index contributed by atoms with van der Waals surface area (Å²) in [5.74, 6) is 1.98. The highest BCUT2D eigenvalue weighted by Gasteiger charge is 2.05. The molecule has 0 unspecified atom stereocenters. The normalized spacial score (nSPS) is 10.6. The minimum Gasteiger partial charge on any atom is -0.478 e. The van der Waals surface area contributed by atoms with Crippen molar-refractivity contribution >= 4 is 5.82 Å². The van der Waals surface area contributed by atoms with Gasteiger partial charge >= 0.3 is 0 Å². The lowest BCUT2D eigenvalue weighted by Gasteiger charge is -2.10. The van der Waals surface area contributed by atoms with Crippen molar-refractivity contribution in [2.24, 2.45) is 0 Å². The Morgan fingerprint density at radius 2 is 2.00 bits per heavy atom. The maximum atomic E-state index is 5.65. The van der Waals surface area contributed by atoms with Crippen molar-refractivity contribution in [1.29, 1.82) is 0 Å². The molecule has 120 valence electrons. The molecular formula is C15H27N3O3. The summed E-state index contributed by atoms with van der Waals surface area (Å²) in [4.78, 5) is 8.73. The SMILES string of the molecule is CCCCOc1cc(NCCCOCC)nc(COC)n1. The van der Waals surface area contributed by atoms with Crippen LogP contribution in [0.2, 0.25) is 0 Å². The van der Waals surface area contributed by atoms with E-state index in [4.69, 9.17) is 14.2 Å². The zero-order chi connectivity index (χ0) is 15.3. The molecule has 1 rings (SSSR count). The van der Waals surface area contributed by atoms with Crippen LogP contribution in [0.25, 0.3) is 0 Å². The number of ether oxygens (including phenoxy) is 3. The predicted molar refractivity (Wildman–Crippen MR) is 82.7 cm³/mol. The maximum Gasteiger partial charge on any atom is 0.218 e. The number of unbranched alkanes of at least 4 members (excludes halogenated alkanes) is 1. The molecule has 0 spiro atoms. The van der Waals surface area contributed by atoms with Gasteiger partial charge in [-0.1, -0.05) is 13.3 Å². The standard InChI is InChI=1S/C15H27N3O3/c1-4-6-10-21-15-11-13(16-8-7-9-20-5-2)17-14(18-15)12-19-3/h11H,4-10,12H2,1-3H3,(H,16,17,18). The second-order valence-electron chi connectivity index (χ2n) is 4.62. The second kappa shape index (κ2) is 11.3. The van der Waals surface area contributed by atoms with Crippen LogP contribution >= 0.6 is 0 Å². The van der Waals surface area contributed by atoms with Gasteiger partial charge in [0.05, 0.1) is 6.61 Å². The molecular weight excluding hydrogens is 270 g/mol. The number of hydrogen-bond donors (Lipinski definition) is 1. The third-order valence-electron chi connectivity index (χ3n) is 2.75. The quantitative estimate of drug-likeness (QED) is 0.598. The van der Waals surface area contributed by atoms with E-state index in [9.17, 15) is 0 Å². The Morgan fingerprint density at radius 3 is 2.71 bits per heavy atom. The number of anilines is 1. The van der Waals surface area contributed by atoms with Crippen LogP contribution in [0.4, 0.5) is 5.82 Å². The molecule has 1 heterocycles. The topological polar surface area (TPSA) is 65.5 Å². The highest BCUT2D eigenvalue weighted by Crippen LogP contribution is 2.14. The van der Waals surface area contributed by atoms with Crippen molar-refractivity contribution in [2.45, 2.75) is 39.7 Å². The van der Waals surface area contributed by atoms with E-state index in [1.165, 1.54) is 0 Å². The average Bonchev–Trinajstić information content (AvgIpc) is 2.48. The van der Waals surface area contributed by atoms with E-state index in [2.05, 4.69) is 22.2 Å². The summed E-state index contributed by atoms with van der Waals surface area (Å²) in [6.45, 7) is 7.47. The second-order valence-corrected chi connectivity index (χ2v) is 4.62. The molecule has 0 radical (unpaired) electrons. The third-order valence-corrected chi connectivity index (χ3v) is 2.75. The summed E-state index contributed by atoms with van der Waals surface area (Å²) in [5, 5.41) is 3.27. The molecule has 0 aromatic carbocycles. The molecule has 21 heavy (non-hydrogen) atoms. The van der Waals surface area contributed by atoms with Crippen molar-refractivity contribution in [3.63, 3.8) is 0 Å². The van der Waals surface area contributed by atoms with E-state index in [0.29, 0.717) is 24.9 Å². The molecule has 0 amide bonds. The highest BCUT2D eigenvalue weighted by atomic mass is 16.5. The number of nitrogens with zero attached hydrogens (tertiary/aromatic N) is 2. The van der Waals surface area contributed by atoms with Crippen LogP contribution < -0.4 is 10.1 Å². The molecule has 1 aromatic rings. The largest absolute Gasteiger partial charge is 0.478 e. The van der Waals surface area contributed by atoms with Crippen LogP contribution in [0.3, 0.4) is 0 Å². The summed E-state index contributed by atoms with van der Waals surface area (Å²) >= 11 is 0. The fraction of sp³-hybridized carbons (Fsp3) is 0.733. The van der Waals surface area contributed by atoms with E-state index >= 15 is 0 Å². The van der Waals surface area contributed by atoms with Gasteiger partial charge in [-0.2, -0.15) is 4.98 Å². The van der Waals surface area contributed by atoms with Gasteiger partial charge in [0, 0.05) is 32.9 Å². The summed E-state index contributed by atoms with van der Waals surface area (Å²) in [7, 11) is 1.63. The van der Waals surface area contributed by atoms with Gasteiger partial charge in [0.2, 0.25) is 5.88 Å². The van der Waals surface area contributed by atoms with Gasteiger partial charge in [-0.3, -0.25) is 0 Å². The first-order valence-electron chi connectivity index (χ1n) is 7.61. The molecule has 1 aromatic heterocycles. The minimum absolute atomic E-state index is 0.374. The molecule has 6 heteroatoms. The van der Waals surface area contributed by atoms with Crippen molar-refractivity contribution < 1.29 is 14.2 Å². The predicted octanol–water partition coefficient (Wildman–Crippen LogP) is 2.64. The van der Waals surface area contributed by atoms with E-state index in [1.54, 1.807) is 7.11 Å². The van der Waals surface area contributed by atoms with Crippen molar-refractivity contribution in [2.75, 3.05) is 38.8 Å². The molecule has 0 aliphatic heterocycles. The average molecular weight is 297 g/mol. The Labute approximate surface area is 127 Å². The minimum atomic E-state index is 0.374. The number of rotatable bonds is 12. The zero-order valence-electron chi connectivity index (χ0n) is 13.4. The summed E-state index contributed by atoms with van der Waals surface area (Å²) in [5.41, 5.74) is 0. The lowest BCUT2D eigenvalue weighted by atomic mass is 10.4. The molecule has 0 saturated carbocycles. The maximum absolute atomic E-state index is 5.65. The van der Waals surface area contributed by atoms with Crippen molar-refractivity contribution in [3.8, 4) is 5.88 Å².